The normalized spacial score (nSPS) is 12.2. The maximum atomic E-state index is 12.8. The van der Waals surface area contributed by atoms with Crippen molar-refractivity contribution in [1.82, 2.24) is 10.3 Å². The highest BCUT2D eigenvalue weighted by molar-refractivity contribution is 5.91. The number of ether oxygens (including phenoxy) is 2. The van der Waals surface area contributed by atoms with E-state index in [-0.39, 0.29) is 23.8 Å². The zero-order chi connectivity index (χ0) is 21.4. The van der Waals surface area contributed by atoms with Crippen LogP contribution in [0.1, 0.15) is 22.8 Å². The highest BCUT2D eigenvalue weighted by atomic mass is 19.4. The number of carbonyl (C=O) groups is 2. The van der Waals surface area contributed by atoms with Crippen LogP contribution in [0.15, 0.2) is 42.6 Å². The fourth-order valence-electron chi connectivity index (χ4n) is 2.15. The average molecular weight is 414 g/mol. The molecule has 6 nitrogen and oxygen atoms in total. The largest absolute Gasteiger partial charge is 0.468 e. The molecular formula is C19H18F4N2O4. The van der Waals surface area contributed by atoms with Gasteiger partial charge in [-0.15, -0.1) is 0 Å². The second-order valence-corrected chi connectivity index (χ2v) is 6.00. The van der Waals surface area contributed by atoms with Gasteiger partial charge < -0.3 is 14.8 Å². The smallest absolute Gasteiger partial charge is 0.422 e. The Bertz CT molecular complexity index is 824. The third-order valence-electron chi connectivity index (χ3n) is 3.63. The minimum Gasteiger partial charge on any atom is -0.468 e. The second kappa shape index (κ2) is 9.85. The van der Waals surface area contributed by atoms with Gasteiger partial charge in [-0.1, -0.05) is 12.1 Å². The van der Waals surface area contributed by atoms with Crippen molar-refractivity contribution in [2.45, 2.75) is 25.6 Å². The molecule has 0 saturated heterocycles. The van der Waals surface area contributed by atoms with E-state index < -0.39 is 30.8 Å². The summed E-state index contributed by atoms with van der Waals surface area (Å²) in [4.78, 5) is 27.6. The summed E-state index contributed by atoms with van der Waals surface area (Å²) in [5, 5.41) is 2.59. The molecule has 1 aromatic heterocycles. The van der Waals surface area contributed by atoms with Crippen LogP contribution in [-0.2, 0) is 16.0 Å². The van der Waals surface area contributed by atoms with Gasteiger partial charge >= 0.3 is 12.1 Å². The van der Waals surface area contributed by atoms with E-state index in [1.54, 1.807) is 12.1 Å². The topological polar surface area (TPSA) is 77.5 Å². The van der Waals surface area contributed by atoms with Crippen molar-refractivity contribution in [2.75, 3.05) is 13.2 Å². The number of amides is 1. The minimum atomic E-state index is -4.50. The number of esters is 1. The third-order valence-corrected chi connectivity index (χ3v) is 3.63. The number of pyridine rings is 1. The van der Waals surface area contributed by atoms with Crippen LogP contribution < -0.4 is 10.1 Å². The third kappa shape index (κ3) is 7.76. The molecule has 1 unspecified atom stereocenters. The van der Waals surface area contributed by atoms with Crippen molar-refractivity contribution in [3.63, 3.8) is 0 Å². The van der Waals surface area contributed by atoms with E-state index in [1.165, 1.54) is 25.1 Å². The fourth-order valence-corrected chi connectivity index (χ4v) is 2.15. The van der Waals surface area contributed by atoms with Crippen molar-refractivity contribution in [3.05, 3.63) is 59.5 Å². The van der Waals surface area contributed by atoms with Crippen LogP contribution in [0.5, 0.6) is 5.88 Å². The molecule has 1 heterocycles. The first kappa shape index (κ1) is 22.1. The van der Waals surface area contributed by atoms with Gasteiger partial charge in [0.15, 0.2) is 12.7 Å². The molecule has 1 atom stereocenters. The van der Waals surface area contributed by atoms with Crippen LogP contribution >= 0.6 is 0 Å². The van der Waals surface area contributed by atoms with Crippen molar-refractivity contribution in [2.24, 2.45) is 0 Å². The maximum Gasteiger partial charge on any atom is 0.422 e. The summed E-state index contributed by atoms with van der Waals surface area (Å²) in [5.41, 5.74) is 0.783. The lowest BCUT2D eigenvalue weighted by atomic mass is 10.1. The Hall–Kier alpha value is -3.17. The van der Waals surface area contributed by atoms with E-state index in [1.807, 2.05) is 0 Å². The molecule has 1 aromatic carbocycles. The summed E-state index contributed by atoms with van der Waals surface area (Å²) in [5.74, 6) is -2.04. The SMILES string of the molecule is CC(OC(=O)c1ccc(OCC(F)(F)F)nc1)C(=O)NCCc1ccc(F)cc1. The molecular weight excluding hydrogens is 396 g/mol. The van der Waals surface area contributed by atoms with Crippen LogP contribution in [0.4, 0.5) is 17.6 Å². The van der Waals surface area contributed by atoms with Gasteiger partial charge in [-0.2, -0.15) is 13.2 Å². The van der Waals surface area contributed by atoms with Crippen LogP contribution in [-0.4, -0.2) is 42.3 Å². The molecule has 0 bridgehead atoms. The Morgan fingerprint density at radius 3 is 2.41 bits per heavy atom. The fraction of sp³-hybridized carbons (Fsp3) is 0.316. The molecule has 29 heavy (non-hydrogen) atoms. The van der Waals surface area contributed by atoms with Gasteiger partial charge in [-0.05, 0) is 37.1 Å². The standard InChI is InChI=1S/C19H18F4N2O4/c1-12(17(26)24-9-8-13-2-5-15(20)6-3-13)29-18(27)14-4-7-16(25-10-14)28-11-19(21,22)23/h2-7,10,12H,8-9,11H2,1H3,(H,24,26). The van der Waals surface area contributed by atoms with Gasteiger partial charge in [-0.25, -0.2) is 14.2 Å². The lowest BCUT2D eigenvalue weighted by molar-refractivity contribution is -0.154. The molecule has 2 aromatic rings. The van der Waals surface area contributed by atoms with Gasteiger partial charge in [0.05, 0.1) is 5.56 Å². The van der Waals surface area contributed by atoms with Gasteiger partial charge in [0, 0.05) is 18.8 Å². The Morgan fingerprint density at radius 2 is 1.83 bits per heavy atom. The van der Waals surface area contributed by atoms with E-state index in [2.05, 4.69) is 15.0 Å². The quantitative estimate of drug-likeness (QED) is 0.531. The van der Waals surface area contributed by atoms with Crippen LogP contribution in [0.25, 0.3) is 0 Å². The lowest BCUT2D eigenvalue weighted by Gasteiger charge is -2.14. The van der Waals surface area contributed by atoms with Gasteiger partial charge in [0.1, 0.15) is 5.82 Å². The molecule has 156 valence electrons. The Balaban J connectivity index is 1.78. The number of benzene rings is 1. The van der Waals surface area contributed by atoms with E-state index in [0.29, 0.717) is 6.42 Å². The first-order chi connectivity index (χ1) is 13.6. The molecule has 0 aliphatic heterocycles. The van der Waals surface area contributed by atoms with Crippen molar-refractivity contribution in [1.29, 1.82) is 0 Å². The predicted molar refractivity (Wildman–Crippen MR) is 93.8 cm³/mol. The molecule has 0 spiro atoms. The highest BCUT2D eigenvalue weighted by Gasteiger charge is 2.28. The average Bonchev–Trinajstić information content (AvgIpc) is 2.67. The summed E-state index contributed by atoms with van der Waals surface area (Å²) < 4.78 is 58.6. The van der Waals surface area contributed by atoms with E-state index in [4.69, 9.17) is 4.74 Å². The van der Waals surface area contributed by atoms with Crippen LogP contribution in [0.3, 0.4) is 0 Å². The zero-order valence-electron chi connectivity index (χ0n) is 15.3. The van der Waals surface area contributed by atoms with E-state index in [0.717, 1.165) is 17.8 Å². The number of rotatable bonds is 8. The second-order valence-electron chi connectivity index (χ2n) is 6.00. The van der Waals surface area contributed by atoms with Gasteiger partial charge in [-0.3, -0.25) is 4.79 Å². The number of halogens is 4. The molecule has 0 radical (unpaired) electrons. The van der Waals surface area contributed by atoms with Crippen molar-refractivity contribution < 1.29 is 36.6 Å². The summed E-state index contributed by atoms with van der Waals surface area (Å²) in [6.45, 7) is 0.136. The van der Waals surface area contributed by atoms with Gasteiger partial charge in [0.2, 0.25) is 5.88 Å². The maximum absolute atomic E-state index is 12.8. The first-order valence-electron chi connectivity index (χ1n) is 8.53. The zero-order valence-corrected chi connectivity index (χ0v) is 15.3. The molecule has 10 heteroatoms. The number of nitrogens with one attached hydrogen (secondary N) is 1. The molecule has 0 saturated carbocycles. The highest BCUT2D eigenvalue weighted by Crippen LogP contribution is 2.17. The number of aromatic nitrogens is 1. The number of nitrogens with zero attached hydrogens (tertiary/aromatic N) is 1. The van der Waals surface area contributed by atoms with Gasteiger partial charge in [0.25, 0.3) is 5.91 Å². The Labute approximate surface area is 163 Å². The summed E-state index contributed by atoms with van der Waals surface area (Å²) in [6.07, 6.45) is -4.14. The minimum absolute atomic E-state index is 0.0460. The van der Waals surface area contributed by atoms with E-state index >= 15 is 0 Å². The predicted octanol–water partition coefficient (Wildman–Crippen LogP) is 3.07. The van der Waals surface area contributed by atoms with Crippen LogP contribution in [0.2, 0.25) is 0 Å². The summed E-state index contributed by atoms with van der Waals surface area (Å²) in [6, 6.07) is 8.10. The molecule has 0 aliphatic rings. The van der Waals surface area contributed by atoms with Crippen molar-refractivity contribution >= 4 is 11.9 Å². The van der Waals surface area contributed by atoms with Crippen molar-refractivity contribution in [3.8, 4) is 5.88 Å². The Morgan fingerprint density at radius 1 is 1.14 bits per heavy atom. The molecule has 0 aliphatic carbocycles. The number of hydrogen-bond donors (Lipinski definition) is 1. The monoisotopic (exact) mass is 414 g/mol. The molecule has 1 N–H and O–H groups in total. The Kier molecular flexibility index (Phi) is 7.52. The number of carbonyl (C=O) groups excluding carboxylic acids is 2. The summed E-state index contributed by atoms with van der Waals surface area (Å²) in [7, 11) is 0. The lowest BCUT2D eigenvalue weighted by Crippen LogP contribution is -2.36. The molecule has 1 amide bonds. The molecule has 2 rings (SSSR count). The number of hydrogen-bond acceptors (Lipinski definition) is 5. The van der Waals surface area contributed by atoms with E-state index in [9.17, 15) is 27.2 Å². The first-order valence-corrected chi connectivity index (χ1v) is 8.53. The molecule has 0 fully saturated rings. The van der Waals surface area contributed by atoms with Crippen LogP contribution in [0, 0.1) is 5.82 Å². The number of alkyl halides is 3. The summed E-state index contributed by atoms with van der Waals surface area (Å²) >= 11 is 0.